The van der Waals surface area contributed by atoms with Crippen molar-refractivity contribution in [1.82, 2.24) is 14.8 Å². The number of piperidine rings is 1. The lowest BCUT2D eigenvalue weighted by Gasteiger charge is -2.37. The Morgan fingerprint density at radius 3 is 2.33 bits per heavy atom. The van der Waals surface area contributed by atoms with Gasteiger partial charge in [0.1, 0.15) is 6.26 Å². The van der Waals surface area contributed by atoms with Gasteiger partial charge in [0.25, 0.3) is 5.91 Å². The molecule has 2 aromatic rings. The standard InChI is InChI=1S/C25H29F4N3O4/c1-23(2,3)32-11-8-24(26,14-32)22(35)31-9-6-15(7-10-31)17-5-4-16(25(27,28)29)12-18(17)20-30-19(13-36-20)21(33)34/h4-5,12-13,15H,6-11,14H2,1-3H3,(H,33,34)/t24-/m1/s1. The van der Waals surface area contributed by atoms with Crippen LogP contribution >= 0.6 is 0 Å². The number of carbonyl (C=O) groups excluding carboxylic acids is 1. The molecule has 0 bridgehead atoms. The van der Waals surface area contributed by atoms with E-state index < -0.39 is 35.0 Å². The summed E-state index contributed by atoms with van der Waals surface area (Å²) in [6.45, 7) is 6.98. The molecule has 1 aromatic heterocycles. The molecule has 2 fully saturated rings. The minimum absolute atomic E-state index is 0.0361. The highest BCUT2D eigenvalue weighted by atomic mass is 19.4. The zero-order valence-electron chi connectivity index (χ0n) is 20.4. The van der Waals surface area contributed by atoms with E-state index in [9.17, 15) is 22.8 Å². The summed E-state index contributed by atoms with van der Waals surface area (Å²) in [6, 6.07) is 3.22. The third-order valence-corrected chi connectivity index (χ3v) is 7.11. The Bertz CT molecular complexity index is 1150. The fraction of sp³-hybridized carbons (Fsp3) is 0.560. The molecular weight excluding hydrogens is 482 g/mol. The second-order valence-corrected chi connectivity index (χ2v) is 10.5. The Labute approximate surface area is 206 Å². The van der Waals surface area contributed by atoms with Crippen LogP contribution in [0.3, 0.4) is 0 Å². The van der Waals surface area contributed by atoms with E-state index in [-0.39, 0.29) is 49.0 Å². The van der Waals surface area contributed by atoms with Gasteiger partial charge in [0.15, 0.2) is 5.69 Å². The van der Waals surface area contributed by atoms with Crippen LogP contribution in [0.25, 0.3) is 11.5 Å². The first-order valence-electron chi connectivity index (χ1n) is 11.8. The topological polar surface area (TPSA) is 86.9 Å². The first-order chi connectivity index (χ1) is 16.7. The lowest BCUT2D eigenvalue weighted by molar-refractivity contribution is -0.144. The number of aromatic nitrogens is 1. The number of oxazole rings is 1. The van der Waals surface area contributed by atoms with Gasteiger partial charge in [-0.2, -0.15) is 13.2 Å². The SMILES string of the molecule is CC(C)(C)N1CC[C@](F)(C(=O)N2CCC(c3ccc(C(F)(F)F)cc3-c3nc(C(=O)O)co3)CC2)C1. The summed E-state index contributed by atoms with van der Waals surface area (Å²) in [5, 5.41) is 9.13. The fourth-order valence-electron chi connectivity index (χ4n) is 4.97. The highest BCUT2D eigenvalue weighted by Crippen LogP contribution is 2.40. The van der Waals surface area contributed by atoms with Gasteiger partial charge in [0, 0.05) is 43.7 Å². The molecule has 1 amide bonds. The summed E-state index contributed by atoms with van der Waals surface area (Å²) < 4.78 is 61.0. The third-order valence-electron chi connectivity index (χ3n) is 7.11. The maximum Gasteiger partial charge on any atom is 0.416 e. The zero-order valence-corrected chi connectivity index (χ0v) is 20.4. The molecule has 0 spiro atoms. The number of halogens is 4. The van der Waals surface area contributed by atoms with E-state index in [1.165, 1.54) is 11.0 Å². The number of amides is 1. The number of alkyl halides is 4. The van der Waals surface area contributed by atoms with E-state index in [0.29, 0.717) is 24.9 Å². The second-order valence-electron chi connectivity index (χ2n) is 10.5. The van der Waals surface area contributed by atoms with E-state index in [4.69, 9.17) is 9.52 Å². The number of hydrogen-bond donors (Lipinski definition) is 1. The molecule has 1 N–H and O–H groups in total. The van der Waals surface area contributed by atoms with Crippen LogP contribution in [0.15, 0.2) is 28.9 Å². The van der Waals surface area contributed by atoms with E-state index in [1.54, 1.807) is 0 Å². The van der Waals surface area contributed by atoms with Crippen LogP contribution in [-0.4, -0.2) is 69.2 Å². The van der Waals surface area contributed by atoms with Crippen LogP contribution in [-0.2, 0) is 11.0 Å². The van der Waals surface area contributed by atoms with Crippen molar-refractivity contribution in [2.45, 2.75) is 63.3 Å². The van der Waals surface area contributed by atoms with Crippen LogP contribution in [0.2, 0.25) is 0 Å². The molecular formula is C25H29F4N3O4. The van der Waals surface area contributed by atoms with Crippen molar-refractivity contribution < 1.29 is 36.7 Å². The quantitative estimate of drug-likeness (QED) is 0.583. The first kappa shape index (κ1) is 26.1. The van der Waals surface area contributed by atoms with Crippen LogP contribution in [0.1, 0.15) is 67.6 Å². The number of nitrogens with zero attached hydrogens (tertiary/aromatic N) is 3. The maximum absolute atomic E-state index is 15.6. The smallest absolute Gasteiger partial charge is 0.416 e. The van der Waals surface area contributed by atoms with Crippen molar-refractivity contribution in [2.75, 3.05) is 26.2 Å². The summed E-state index contributed by atoms with van der Waals surface area (Å²) in [7, 11) is 0. The number of carboxylic acid groups (broad SMARTS) is 1. The van der Waals surface area contributed by atoms with Crippen molar-refractivity contribution in [3.8, 4) is 11.5 Å². The Kier molecular flexibility index (Phi) is 6.65. The van der Waals surface area contributed by atoms with Crippen LogP contribution in [0, 0.1) is 0 Å². The predicted octanol–water partition coefficient (Wildman–Crippen LogP) is 4.98. The second kappa shape index (κ2) is 9.17. The largest absolute Gasteiger partial charge is 0.476 e. The van der Waals surface area contributed by atoms with Gasteiger partial charge in [0.2, 0.25) is 11.6 Å². The molecule has 1 atom stereocenters. The minimum atomic E-state index is -4.61. The number of hydrogen-bond acceptors (Lipinski definition) is 5. The van der Waals surface area contributed by atoms with Crippen LogP contribution < -0.4 is 0 Å². The van der Waals surface area contributed by atoms with Gasteiger partial charge < -0.3 is 14.4 Å². The normalized spacial score (nSPS) is 22.2. The maximum atomic E-state index is 15.6. The molecule has 4 rings (SSSR count). The molecule has 1 aromatic carbocycles. The van der Waals surface area contributed by atoms with Gasteiger partial charge in [-0.1, -0.05) is 6.07 Å². The average molecular weight is 512 g/mol. The molecule has 0 radical (unpaired) electrons. The van der Waals surface area contributed by atoms with Gasteiger partial charge in [-0.25, -0.2) is 14.2 Å². The summed E-state index contributed by atoms with van der Waals surface area (Å²) >= 11 is 0. The summed E-state index contributed by atoms with van der Waals surface area (Å²) in [6.07, 6.45) is -2.78. The molecule has 2 saturated heterocycles. The number of benzene rings is 1. The summed E-state index contributed by atoms with van der Waals surface area (Å²) in [5.41, 5.74) is -2.95. The number of carbonyl (C=O) groups is 2. The molecule has 7 nitrogen and oxygen atoms in total. The summed E-state index contributed by atoms with van der Waals surface area (Å²) in [5.74, 6) is -2.36. The Morgan fingerprint density at radius 2 is 1.81 bits per heavy atom. The highest BCUT2D eigenvalue weighted by Gasteiger charge is 2.49. The molecule has 0 saturated carbocycles. The fourth-order valence-corrected chi connectivity index (χ4v) is 4.97. The predicted molar refractivity (Wildman–Crippen MR) is 122 cm³/mol. The number of rotatable bonds is 4. The van der Waals surface area contributed by atoms with Crippen molar-refractivity contribution in [1.29, 1.82) is 0 Å². The molecule has 2 aliphatic heterocycles. The van der Waals surface area contributed by atoms with Gasteiger partial charge in [-0.3, -0.25) is 9.69 Å². The van der Waals surface area contributed by atoms with Gasteiger partial charge in [0.05, 0.1) is 5.56 Å². The third kappa shape index (κ3) is 5.11. The molecule has 0 aliphatic carbocycles. The van der Waals surface area contributed by atoms with E-state index in [1.807, 2.05) is 25.7 Å². The number of carboxylic acids is 1. The monoisotopic (exact) mass is 511 g/mol. The Hall–Kier alpha value is -2.95. The molecule has 0 unspecified atom stereocenters. The number of likely N-dealkylation sites (tertiary alicyclic amines) is 2. The van der Waals surface area contributed by atoms with Crippen LogP contribution in [0.4, 0.5) is 17.6 Å². The highest BCUT2D eigenvalue weighted by molar-refractivity contribution is 5.86. The molecule has 11 heteroatoms. The molecule has 2 aliphatic rings. The minimum Gasteiger partial charge on any atom is -0.476 e. The van der Waals surface area contributed by atoms with Crippen LogP contribution in [0.5, 0.6) is 0 Å². The van der Waals surface area contributed by atoms with Gasteiger partial charge in [-0.05, 0) is 57.2 Å². The Balaban J connectivity index is 1.53. The van der Waals surface area contributed by atoms with Gasteiger partial charge >= 0.3 is 12.1 Å². The number of aromatic carboxylic acids is 1. The van der Waals surface area contributed by atoms with Crippen molar-refractivity contribution in [3.63, 3.8) is 0 Å². The van der Waals surface area contributed by atoms with E-state index in [2.05, 4.69) is 4.98 Å². The molecule has 36 heavy (non-hydrogen) atoms. The lowest BCUT2D eigenvalue weighted by Crippen LogP contribution is -2.51. The average Bonchev–Trinajstić information content (AvgIpc) is 3.46. The molecule has 3 heterocycles. The van der Waals surface area contributed by atoms with Crippen molar-refractivity contribution >= 4 is 11.9 Å². The van der Waals surface area contributed by atoms with Gasteiger partial charge in [-0.15, -0.1) is 0 Å². The zero-order chi connectivity index (χ0) is 26.5. The lowest BCUT2D eigenvalue weighted by atomic mass is 9.85. The van der Waals surface area contributed by atoms with E-state index in [0.717, 1.165) is 18.4 Å². The van der Waals surface area contributed by atoms with Crippen molar-refractivity contribution in [2.24, 2.45) is 0 Å². The van der Waals surface area contributed by atoms with E-state index >= 15 is 4.39 Å². The first-order valence-corrected chi connectivity index (χ1v) is 11.8. The summed E-state index contributed by atoms with van der Waals surface area (Å²) in [4.78, 5) is 31.6. The Morgan fingerprint density at radius 1 is 1.14 bits per heavy atom. The van der Waals surface area contributed by atoms with Crippen molar-refractivity contribution in [3.05, 3.63) is 41.3 Å². The molecule has 196 valence electrons.